The maximum Gasteiger partial charge on any atom is 0.243 e. The Morgan fingerprint density at radius 3 is 2.61 bits per heavy atom. The molecule has 1 saturated heterocycles. The van der Waals surface area contributed by atoms with Crippen molar-refractivity contribution in [3.8, 4) is 0 Å². The predicted molar refractivity (Wildman–Crippen MR) is 71.1 cm³/mol. The molecule has 3 unspecified atom stereocenters. The highest BCUT2D eigenvalue weighted by Gasteiger charge is 2.64. The molecule has 3 atom stereocenters. The molecule has 4 heteroatoms. The monoisotopic (exact) mass is 254 g/mol. The quantitative estimate of drug-likeness (QED) is 0.831. The molecule has 18 heavy (non-hydrogen) atoms. The first kappa shape index (κ1) is 13.8. The van der Waals surface area contributed by atoms with Crippen molar-refractivity contribution in [2.45, 2.75) is 64.6 Å². The predicted octanol–water partition coefficient (Wildman–Crippen LogP) is 1.53. The number of nitrogens with zero attached hydrogens (tertiary/aromatic N) is 1. The number of hydrogen-bond donors (Lipinski definition) is 1. The maximum absolute atomic E-state index is 12.7. The SMILES string of the molecule is CCOC1CC(N)(C(=O)N2CCCC2C)C1(C)C. The van der Waals surface area contributed by atoms with Gasteiger partial charge in [0.1, 0.15) is 5.54 Å². The summed E-state index contributed by atoms with van der Waals surface area (Å²) >= 11 is 0. The Morgan fingerprint density at radius 2 is 2.17 bits per heavy atom. The Labute approximate surface area is 110 Å². The van der Waals surface area contributed by atoms with E-state index in [4.69, 9.17) is 10.5 Å². The largest absolute Gasteiger partial charge is 0.378 e. The average Bonchev–Trinajstić information content (AvgIpc) is 2.74. The van der Waals surface area contributed by atoms with Crippen LogP contribution in [0.25, 0.3) is 0 Å². The van der Waals surface area contributed by atoms with E-state index in [-0.39, 0.29) is 17.4 Å². The molecule has 2 rings (SSSR count). The van der Waals surface area contributed by atoms with Crippen LogP contribution in [0, 0.1) is 5.41 Å². The summed E-state index contributed by atoms with van der Waals surface area (Å²) in [5.74, 6) is 0.119. The molecule has 104 valence electrons. The van der Waals surface area contributed by atoms with E-state index in [1.165, 1.54) is 0 Å². The molecular formula is C14H26N2O2. The minimum atomic E-state index is -0.745. The van der Waals surface area contributed by atoms with Crippen LogP contribution in [0.5, 0.6) is 0 Å². The first-order valence-electron chi connectivity index (χ1n) is 7.06. The number of rotatable bonds is 3. The fraction of sp³-hybridized carbons (Fsp3) is 0.929. The van der Waals surface area contributed by atoms with Gasteiger partial charge in [0.15, 0.2) is 0 Å². The van der Waals surface area contributed by atoms with Gasteiger partial charge in [0.05, 0.1) is 6.10 Å². The topological polar surface area (TPSA) is 55.6 Å². The Morgan fingerprint density at radius 1 is 1.50 bits per heavy atom. The van der Waals surface area contributed by atoms with Gasteiger partial charge in [0, 0.05) is 31.0 Å². The number of likely N-dealkylation sites (tertiary alicyclic amines) is 1. The minimum Gasteiger partial charge on any atom is -0.378 e. The second-order valence-corrected chi connectivity index (χ2v) is 6.33. The van der Waals surface area contributed by atoms with Gasteiger partial charge in [-0.15, -0.1) is 0 Å². The number of carbonyl (C=O) groups excluding carboxylic acids is 1. The Bertz CT molecular complexity index is 343. The molecule has 0 radical (unpaired) electrons. The molecule has 1 saturated carbocycles. The van der Waals surface area contributed by atoms with Gasteiger partial charge in [-0.1, -0.05) is 13.8 Å². The summed E-state index contributed by atoms with van der Waals surface area (Å²) in [6, 6.07) is 0.333. The third kappa shape index (κ3) is 1.77. The fourth-order valence-electron chi connectivity index (χ4n) is 3.29. The van der Waals surface area contributed by atoms with Gasteiger partial charge in [0.2, 0.25) is 5.91 Å². The van der Waals surface area contributed by atoms with Crippen molar-refractivity contribution in [2.75, 3.05) is 13.2 Å². The van der Waals surface area contributed by atoms with E-state index >= 15 is 0 Å². The second-order valence-electron chi connectivity index (χ2n) is 6.33. The molecule has 2 N–H and O–H groups in total. The molecule has 4 nitrogen and oxygen atoms in total. The third-order valence-electron chi connectivity index (χ3n) is 5.03. The highest BCUT2D eigenvalue weighted by atomic mass is 16.5. The van der Waals surface area contributed by atoms with Crippen molar-refractivity contribution >= 4 is 5.91 Å². The summed E-state index contributed by atoms with van der Waals surface area (Å²) in [6.07, 6.45) is 2.94. The van der Waals surface area contributed by atoms with Crippen LogP contribution in [0.3, 0.4) is 0 Å². The highest BCUT2D eigenvalue weighted by molar-refractivity contribution is 5.89. The molecule has 1 amide bonds. The molecule has 0 spiro atoms. The van der Waals surface area contributed by atoms with Gasteiger partial charge in [-0.3, -0.25) is 4.79 Å². The van der Waals surface area contributed by atoms with E-state index in [1.54, 1.807) is 0 Å². The first-order valence-corrected chi connectivity index (χ1v) is 7.06. The molecule has 2 aliphatic rings. The van der Waals surface area contributed by atoms with Gasteiger partial charge in [-0.2, -0.15) is 0 Å². The van der Waals surface area contributed by atoms with Crippen LogP contribution in [-0.4, -0.2) is 41.6 Å². The van der Waals surface area contributed by atoms with Gasteiger partial charge >= 0.3 is 0 Å². The van der Waals surface area contributed by atoms with Gasteiger partial charge < -0.3 is 15.4 Å². The number of carbonyl (C=O) groups is 1. The zero-order valence-electron chi connectivity index (χ0n) is 12.0. The van der Waals surface area contributed by atoms with Crippen molar-refractivity contribution in [1.29, 1.82) is 0 Å². The summed E-state index contributed by atoms with van der Waals surface area (Å²) in [6.45, 7) is 9.73. The summed E-state index contributed by atoms with van der Waals surface area (Å²) in [5.41, 5.74) is 5.40. The van der Waals surface area contributed by atoms with Crippen LogP contribution >= 0.6 is 0 Å². The molecule has 1 aliphatic heterocycles. The zero-order valence-corrected chi connectivity index (χ0v) is 12.0. The Balaban J connectivity index is 2.11. The normalized spacial score (nSPS) is 38.6. The lowest BCUT2D eigenvalue weighted by molar-refractivity contribution is -0.179. The van der Waals surface area contributed by atoms with E-state index in [0.717, 1.165) is 19.4 Å². The molecule has 0 bridgehead atoms. The van der Waals surface area contributed by atoms with Crippen LogP contribution in [0.1, 0.15) is 47.0 Å². The highest BCUT2D eigenvalue weighted by Crippen LogP contribution is 2.51. The van der Waals surface area contributed by atoms with Gasteiger partial charge in [-0.05, 0) is 26.7 Å². The lowest BCUT2D eigenvalue weighted by atomic mass is 9.54. The standard InChI is InChI=1S/C14H26N2O2/c1-5-18-11-9-14(15,13(11,3)4)12(17)16-8-6-7-10(16)2/h10-11H,5-9,15H2,1-4H3. The van der Waals surface area contributed by atoms with E-state index in [2.05, 4.69) is 20.8 Å². The molecular weight excluding hydrogens is 228 g/mol. The lowest BCUT2D eigenvalue weighted by Crippen LogP contribution is -2.76. The second kappa shape index (κ2) is 4.49. The van der Waals surface area contributed by atoms with E-state index < -0.39 is 5.54 Å². The summed E-state index contributed by atoms with van der Waals surface area (Å²) < 4.78 is 5.68. The Kier molecular flexibility index (Phi) is 3.45. The average molecular weight is 254 g/mol. The molecule has 1 aliphatic carbocycles. The van der Waals surface area contributed by atoms with E-state index in [0.29, 0.717) is 19.1 Å². The molecule has 0 aromatic heterocycles. The smallest absolute Gasteiger partial charge is 0.243 e. The summed E-state index contributed by atoms with van der Waals surface area (Å²) in [7, 11) is 0. The maximum atomic E-state index is 12.7. The van der Waals surface area contributed by atoms with E-state index in [1.807, 2.05) is 11.8 Å². The van der Waals surface area contributed by atoms with Crippen molar-refractivity contribution in [1.82, 2.24) is 4.90 Å². The van der Waals surface area contributed by atoms with Crippen LogP contribution in [0.4, 0.5) is 0 Å². The van der Waals surface area contributed by atoms with Crippen molar-refractivity contribution in [3.05, 3.63) is 0 Å². The third-order valence-corrected chi connectivity index (χ3v) is 5.03. The van der Waals surface area contributed by atoms with Crippen LogP contribution in [0.2, 0.25) is 0 Å². The fourth-order valence-corrected chi connectivity index (χ4v) is 3.29. The van der Waals surface area contributed by atoms with Crippen LogP contribution < -0.4 is 5.73 Å². The molecule has 1 heterocycles. The number of amides is 1. The Hall–Kier alpha value is -0.610. The summed E-state index contributed by atoms with van der Waals surface area (Å²) in [4.78, 5) is 14.6. The lowest BCUT2D eigenvalue weighted by Gasteiger charge is -2.58. The summed E-state index contributed by atoms with van der Waals surface area (Å²) in [5, 5.41) is 0. The minimum absolute atomic E-state index is 0.106. The van der Waals surface area contributed by atoms with Crippen LogP contribution in [-0.2, 0) is 9.53 Å². The number of hydrogen-bond acceptors (Lipinski definition) is 3. The molecule has 0 aromatic carbocycles. The van der Waals surface area contributed by atoms with E-state index in [9.17, 15) is 4.79 Å². The van der Waals surface area contributed by atoms with Crippen LogP contribution in [0.15, 0.2) is 0 Å². The molecule has 2 fully saturated rings. The van der Waals surface area contributed by atoms with Crippen molar-refractivity contribution in [2.24, 2.45) is 11.1 Å². The number of nitrogens with two attached hydrogens (primary N) is 1. The van der Waals surface area contributed by atoms with Crippen molar-refractivity contribution in [3.63, 3.8) is 0 Å². The van der Waals surface area contributed by atoms with Crippen molar-refractivity contribution < 1.29 is 9.53 Å². The zero-order chi connectivity index (χ0) is 13.6. The first-order chi connectivity index (χ1) is 8.34. The molecule has 0 aromatic rings. The van der Waals surface area contributed by atoms with Gasteiger partial charge in [0.25, 0.3) is 0 Å². The number of ether oxygens (including phenoxy) is 1. The van der Waals surface area contributed by atoms with Gasteiger partial charge in [-0.25, -0.2) is 0 Å².